The Morgan fingerprint density at radius 3 is 2.71 bits per heavy atom. The molecule has 0 saturated heterocycles. The van der Waals surface area contributed by atoms with Crippen LogP contribution in [0.5, 0.6) is 5.75 Å². The van der Waals surface area contributed by atoms with E-state index in [1.807, 2.05) is 31.2 Å². The topological polar surface area (TPSA) is 85.5 Å². The summed E-state index contributed by atoms with van der Waals surface area (Å²) in [5, 5.41) is 9.04. The van der Waals surface area contributed by atoms with E-state index in [2.05, 4.69) is 10.2 Å². The molecule has 9 heteroatoms. The largest absolute Gasteiger partial charge is 0.494 e. The highest BCUT2D eigenvalue weighted by Crippen LogP contribution is 2.42. The van der Waals surface area contributed by atoms with Gasteiger partial charge in [-0.2, -0.15) is 0 Å². The lowest BCUT2D eigenvalue weighted by Gasteiger charge is -2.22. The van der Waals surface area contributed by atoms with Gasteiger partial charge in [-0.3, -0.25) is 14.5 Å². The van der Waals surface area contributed by atoms with Crippen LogP contribution in [0.25, 0.3) is 11.0 Å². The van der Waals surface area contributed by atoms with E-state index in [0.29, 0.717) is 27.7 Å². The third-order valence-corrected chi connectivity index (χ3v) is 5.98. The van der Waals surface area contributed by atoms with E-state index in [9.17, 15) is 9.59 Å². The number of benzene rings is 2. The first-order valence-corrected chi connectivity index (χ1v) is 10.9. The molecule has 4 aromatic rings. The van der Waals surface area contributed by atoms with Crippen molar-refractivity contribution in [1.82, 2.24) is 10.2 Å². The fourth-order valence-corrected chi connectivity index (χ4v) is 4.45. The summed E-state index contributed by atoms with van der Waals surface area (Å²) in [6.45, 7) is 2.64. The number of nitrogens with zero attached hydrogens (tertiary/aromatic N) is 3. The van der Waals surface area contributed by atoms with Gasteiger partial charge in [-0.1, -0.05) is 42.0 Å². The molecule has 0 bridgehead atoms. The van der Waals surface area contributed by atoms with Crippen LogP contribution in [0.15, 0.2) is 57.2 Å². The van der Waals surface area contributed by atoms with E-state index >= 15 is 0 Å². The van der Waals surface area contributed by atoms with Crippen molar-refractivity contribution in [2.45, 2.75) is 19.4 Å². The van der Waals surface area contributed by atoms with Crippen molar-refractivity contribution in [3.8, 4) is 5.75 Å². The molecule has 0 aliphatic carbocycles. The average molecular weight is 454 g/mol. The number of carbonyl (C=O) groups is 1. The van der Waals surface area contributed by atoms with Crippen molar-refractivity contribution >= 4 is 44.9 Å². The Morgan fingerprint density at radius 2 is 2.00 bits per heavy atom. The lowest BCUT2D eigenvalue weighted by molar-refractivity contribution is 0.0970. The van der Waals surface area contributed by atoms with Gasteiger partial charge < -0.3 is 9.15 Å². The van der Waals surface area contributed by atoms with Gasteiger partial charge in [0, 0.05) is 5.02 Å². The molecule has 1 atom stereocenters. The molecule has 31 heavy (non-hydrogen) atoms. The normalized spacial score (nSPS) is 15.5. The van der Waals surface area contributed by atoms with Gasteiger partial charge in [-0.05, 0) is 42.3 Å². The lowest BCUT2D eigenvalue weighted by Crippen LogP contribution is -2.29. The van der Waals surface area contributed by atoms with Crippen molar-refractivity contribution in [3.63, 3.8) is 0 Å². The summed E-state index contributed by atoms with van der Waals surface area (Å²) in [4.78, 5) is 28.3. The molecule has 0 saturated carbocycles. The predicted octanol–water partition coefficient (Wildman–Crippen LogP) is 4.84. The van der Waals surface area contributed by atoms with Crippen LogP contribution < -0.4 is 15.1 Å². The number of hydrogen-bond acceptors (Lipinski definition) is 7. The minimum absolute atomic E-state index is 0.00586. The van der Waals surface area contributed by atoms with E-state index in [1.54, 1.807) is 18.2 Å². The molecule has 1 aliphatic heterocycles. The fourth-order valence-electron chi connectivity index (χ4n) is 3.70. The fraction of sp³-hybridized carbons (Fsp3) is 0.182. The zero-order chi connectivity index (χ0) is 21.5. The first kappa shape index (κ1) is 19.7. The van der Waals surface area contributed by atoms with Crippen LogP contribution in [0.4, 0.5) is 5.13 Å². The number of ether oxygens (including phenoxy) is 1. The van der Waals surface area contributed by atoms with Gasteiger partial charge in [0.1, 0.15) is 16.8 Å². The quantitative estimate of drug-likeness (QED) is 0.430. The summed E-state index contributed by atoms with van der Waals surface area (Å²) < 4.78 is 11.6. The Hall–Kier alpha value is -3.23. The maximum Gasteiger partial charge on any atom is 0.297 e. The van der Waals surface area contributed by atoms with E-state index in [1.165, 1.54) is 21.7 Å². The molecule has 2 aromatic carbocycles. The van der Waals surface area contributed by atoms with Crippen molar-refractivity contribution < 1.29 is 13.9 Å². The number of rotatable bonds is 5. The minimum Gasteiger partial charge on any atom is -0.494 e. The Labute approximate surface area is 185 Å². The second-order valence-electron chi connectivity index (χ2n) is 7.03. The van der Waals surface area contributed by atoms with Crippen LogP contribution in [-0.2, 0) is 0 Å². The second-order valence-corrected chi connectivity index (χ2v) is 8.28. The second kappa shape index (κ2) is 7.79. The first-order valence-electron chi connectivity index (χ1n) is 9.67. The standard InChI is InChI=1S/C22H16ClN3O4S/c1-2-9-29-14-6-3-12(4-7-14)18-17-19(27)15-10-13(23)5-8-16(15)30-20(17)21(28)26(18)22-25-24-11-31-22/h3-8,10-11,18H,2,9H2,1H3/t18-/m0/s1. The molecule has 1 amide bonds. The SMILES string of the molecule is CCCOc1ccc([C@H]2c3c(oc4ccc(Cl)cc4c3=O)C(=O)N2c2nncs2)cc1. The first-order chi connectivity index (χ1) is 15.1. The van der Waals surface area contributed by atoms with Gasteiger partial charge in [0.05, 0.1) is 23.6 Å². The van der Waals surface area contributed by atoms with Gasteiger partial charge >= 0.3 is 0 Å². The van der Waals surface area contributed by atoms with Crippen molar-refractivity contribution in [2.75, 3.05) is 11.5 Å². The summed E-state index contributed by atoms with van der Waals surface area (Å²) in [7, 11) is 0. The Bertz CT molecular complexity index is 1340. The number of anilines is 1. The molecular weight excluding hydrogens is 438 g/mol. The number of carbonyl (C=O) groups excluding carboxylic acids is 1. The maximum absolute atomic E-state index is 13.5. The number of amides is 1. The van der Waals surface area contributed by atoms with E-state index in [-0.39, 0.29) is 16.8 Å². The molecule has 0 N–H and O–H groups in total. The summed E-state index contributed by atoms with van der Waals surface area (Å²) in [5.74, 6) is 0.290. The van der Waals surface area contributed by atoms with Crippen LogP contribution in [0.1, 0.15) is 41.1 Å². The molecule has 1 aliphatic rings. The van der Waals surface area contributed by atoms with Gasteiger partial charge in [-0.15, -0.1) is 10.2 Å². The Kier molecular flexibility index (Phi) is 4.95. The maximum atomic E-state index is 13.5. The smallest absolute Gasteiger partial charge is 0.297 e. The van der Waals surface area contributed by atoms with Crippen LogP contribution in [0, 0.1) is 0 Å². The summed E-state index contributed by atoms with van der Waals surface area (Å²) in [5.41, 5.74) is 2.55. The third kappa shape index (κ3) is 3.28. The zero-order valence-electron chi connectivity index (χ0n) is 16.4. The minimum atomic E-state index is -0.699. The highest BCUT2D eigenvalue weighted by molar-refractivity contribution is 7.13. The zero-order valence-corrected chi connectivity index (χ0v) is 17.9. The molecule has 156 valence electrons. The molecule has 5 rings (SSSR count). The van der Waals surface area contributed by atoms with E-state index in [0.717, 1.165) is 17.7 Å². The van der Waals surface area contributed by atoms with Crippen molar-refractivity contribution in [3.05, 3.63) is 80.1 Å². The average Bonchev–Trinajstić information content (AvgIpc) is 3.40. The van der Waals surface area contributed by atoms with Gasteiger partial charge in [0.15, 0.2) is 5.43 Å². The molecular formula is C22H16ClN3O4S. The number of fused-ring (bicyclic) bond motifs is 2. The summed E-state index contributed by atoms with van der Waals surface area (Å²) in [6.07, 6.45) is 0.897. The van der Waals surface area contributed by atoms with Crippen LogP contribution >= 0.6 is 22.9 Å². The lowest BCUT2D eigenvalue weighted by atomic mass is 9.98. The van der Waals surface area contributed by atoms with Gasteiger partial charge in [0.2, 0.25) is 10.9 Å². The van der Waals surface area contributed by atoms with E-state index in [4.69, 9.17) is 20.8 Å². The van der Waals surface area contributed by atoms with Gasteiger partial charge in [-0.25, -0.2) is 0 Å². The van der Waals surface area contributed by atoms with Gasteiger partial charge in [0.25, 0.3) is 5.91 Å². The molecule has 7 nitrogen and oxygen atoms in total. The molecule has 0 unspecified atom stereocenters. The van der Waals surface area contributed by atoms with Crippen LogP contribution in [0.3, 0.4) is 0 Å². The highest BCUT2D eigenvalue weighted by Gasteiger charge is 2.45. The van der Waals surface area contributed by atoms with Crippen molar-refractivity contribution in [1.29, 1.82) is 0 Å². The molecule has 0 radical (unpaired) electrons. The Morgan fingerprint density at radius 1 is 1.19 bits per heavy atom. The Balaban J connectivity index is 1.71. The number of aromatic nitrogens is 2. The molecule has 0 fully saturated rings. The summed E-state index contributed by atoms with van der Waals surface area (Å²) in [6, 6.07) is 11.4. The summed E-state index contributed by atoms with van der Waals surface area (Å²) >= 11 is 7.32. The number of halogens is 1. The molecule has 0 spiro atoms. The monoisotopic (exact) mass is 453 g/mol. The van der Waals surface area contributed by atoms with Crippen molar-refractivity contribution in [2.24, 2.45) is 0 Å². The molecule has 3 heterocycles. The molecule has 2 aromatic heterocycles. The van der Waals surface area contributed by atoms with Crippen LogP contribution in [0.2, 0.25) is 5.02 Å². The van der Waals surface area contributed by atoms with Crippen LogP contribution in [-0.4, -0.2) is 22.7 Å². The highest BCUT2D eigenvalue weighted by atomic mass is 35.5. The number of hydrogen-bond donors (Lipinski definition) is 0. The van der Waals surface area contributed by atoms with E-state index < -0.39 is 11.9 Å². The third-order valence-electron chi connectivity index (χ3n) is 5.06. The predicted molar refractivity (Wildman–Crippen MR) is 118 cm³/mol.